The summed E-state index contributed by atoms with van der Waals surface area (Å²) >= 11 is 0. The van der Waals surface area contributed by atoms with Crippen molar-refractivity contribution in [1.82, 2.24) is 0 Å². The number of carboxylic acid groups (broad SMARTS) is 1. The molecule has 0 saturated carbocycles. The highest BCUT2D eigenvalue weighted by molar-refractivity contribution is 6.06. The largest absolute Gasteiger partial charge is 0.478 e. The van der Waals surface area contributed by atoms with E-state index in [2.05, 4.69) is 19.2 Å². The Hall–Kier alpha value is -4.13. The lowest BCUT2D eigenvalue weighted by molar-refractivity contribution is -0.119. The smallest absolute Gasteiger partial charge is 0.335 e. The number of carbonyl (C=O) groups is 3. The van der Waals surface area contributed by atoms with Crippen LogP contribution in [0.25, 0.3) is 11.3 Å². The van der Waals surface area contributed by atoms with Crippen LogP contribution in [0.4, 0.5) is 11.4 Å². The Bertz CT molecular complexity index is 1410. The third kappa shape index (κ3) is 4.11. The predicted octanol–water partition coefficient (Wildman–Crippen LogP) is 6.20. The van der Waals surface area contributed by atoms with Crippen molar-refractivity contribution in [1.29, 1.82) is 0 Å². The molecule has 1 atom stereocenters. The molecule has 2 aromatic carbocycles. The lowest BCUT2D eigenvalue weighted by Gasteiger charge is -2.36. The molecule has 1 aliphatic carbocycles. The zero-order valence-corrected chi connectivity index (χ0v) is 20.5. The second kappa shape index (κ2) is 8.82. The number of aromatic carboxylic acids is 1. The Labute approximate surface area is 209 Å². The van der Waals surface area contributed by atoms with Crippen LogP contribution in [0.3, 0.4) is 0 Å². The van der Waals surface area contributed by atoms with Gasteiger partial charge < -0.3 is 14.8 Å². The Kier molecular flexibility index (Phi) is 5.79. The standard InChI is InChI=1S/C29H28N2O5/c1-4-25(33)31-21-11-6-5-10-19(21)30-20-15-29(2,3)16-22(32)26(20)27(31)24-13-12-23(36-24)17-8-7-9-18(14-17)28(34)35/h5-14,27,30H,4,15-16H2,1-3H3,(H,34,35)/t27-/m1/s1. The van der Waals surface area contributed by atoms with E-state index in [0.717, 1.165) is 11.4 Å². The van der Waals surface area contributed by atoms with Crippen molar-refractivity contribution in [3.8, 4) is 11.3 Å². The number of ketones is 1. The van der Waals surface area contributed by atoms with Gasteiger partial charge in [0.1, 0.15) is 17.6 Å². The first kappa shape index (κ1) is 23.6. The molecule has 2 N–H and O–H groups in total. The van der Waals surface area contributed by atoms with Crippen molar-refractivity contribution in [3.63, 3.8) is 0 Å². The minimum atomic E-state index is -1.03. The summed E-state index contributed by atoms with van der Waals surface area (Å²) in [5.74, 6) is -0.266. The van der Waals surface area contributed by atoms with E-state index >= 15 is 0 Å². The van der Waals surface area contributed by atoms with Gasteiger partial charge in [0.2, 0.25) is 5.91 Å². The Balaban J connectivity index is 1.71. The third-order valence-electron chi connectivity index (χ3n) is 6.76. The van der Waals surface area contributed by atoms with Crippen LogP contribution in [0.15, 0.2) is 76.4 Å². The highest BCUT2D eigenvalue weighted by Crippen LogP contribution is 2.49. The Morgan fingerprint density at radius 3 is 2.61 bits per heavy atom. The molecular weight excluding hydrogens is 456 g/mol. The Morgan fingerprint density at radius 2 is 1.86 bits per heavy atom. The summed E-state index contributed by atoms with van der Waals surface area (Å²) in [5, 5.41) is 12.9. The first-order chi connectivity index (χ1) is 17.2. The first-order valence-corrected chi connectivity index (χ1v) is 12.1. The lowest BCUT2D eigenvalue weighted by atomic mass is 9.74. The van der Waals surface area contributed by atoms with Gasteiger partial charge in [-0.15, -0.1) is 0 Å². The van der Waals surface area contributed by atoms with Crippen LogP contribution in [0, 0.1) is 5.41 Å². The van der Waals surface area contributed by atoms with Crippen molar-refractivity contribution < 1.29 is 23.9 Å². The van der Waals surface area contributed by atoms with Gasteiger partial charge in [-0.3, -0.25) is 14.5 Å². The molecule has 0 spiro atoms. The number of amides is 1. The number of Topliss-reactive ketones (excluding diaryl/α,β-unsaturated/α-hetero) is 1. The number of hydrogen-bond acceptors (Lipinski definition) is 5. The van der Waals surface area contributed by atoms with Gasteiger partial charge in [-0.05, 0) is 48.2 Å². The van der Waals surface area contributed by atoms with Gasteiger partial charge in [-0.2, -0.15) is 0 Å². The molecule has 5 rings (SSSR count). The number of furan rings is 1. The molecule has 0 saturated heterocycles. The van der Waals surface area contributed by atoms with Crippen LogP contribution >= 0.6 is 0 Å². The molecule has 1 amide bonds. The maximum atomic E-state index is 13.6. The number of carboxylic acids is 1. The maximum Gasteiger partial charge on any atom is 0.335 e. The minimum Gasteiger partial charge on any atom is -0.478 e. The molecule has 2 heterocycles. The van der Waals surface area contributed by atoms with E-state index < -0.39 is 12.0 Å². The molecule has 0 bridgehead atoms. The zero-order valence-electron chi connectivity index (χ0n) is 20.5. The lowest BCUT2D eigenvalue weighted by Crippen LogP contribution is -2.39. The number of nitrogens with one attached hydrogen (secondary N) is 1. The quantitative estimate of drug-likeness (QED) is 0.457. The Morgan fingerprint density at radius 1 is 1.08 bits per heavy atom. The molecule has 2 aliphatic rings. The van der Waals surface area contributed by atoms with Crippen molar-refractivity contribution in [2.75, 3.05) is 10.2 Å². The molecule has 7 heteroatoms. The van der Waals surface area contributed by atoms with Gasteiger partial charge in [0.25, 0.3) is 0 Å². The van der Waals surface area contributed by atoms with E-state index in [1.54, 1.807) is 42.2 Å². The molecule has 0 radical (unpaired) electrons. The molecule has 184 valence electrons. The fourth-order valence-electron chi connectivity index (χ4n) is 5.16. The minimum absolute atomic E-state index is 0.0220. The average molecular weight is 485 g/mol. The predicted molar refractivity (Wildman–Crippen MR) is 137 cm³/mol. The number of fused-ring (bicyclic) bond motifs is 1. The van der Waals surface area contributed by atoms with Crippen molar-refractivity contribution >= 4 is 29.0 Å². The van der Waals surface area contributed by atoms with Crippen LogP contribution in [-0.2, 0) is 9.59 Å². The van der Waals surface area contributed by atoms with Crippen LogP contribution < -0.4 is 10.2 Å². The normalized spacial score (nSPS) is 18.7. The van der Waals surface area contributed by atoms with Crippen LogP contribution in [0.1, 0.15) is 62.2 Å². The summed E-state index contributed by atoms with van der Waals surface area (Å²) in [6.07, 6.45) is 1.27. The van der Waals surface area contributed by atoms with Gasteiger partial charge in [0.15, 0.2) is 5.78 Å². The number of nitrogens with zero attached hydrogens (tertiary/aromatic N) is 1. The highest BCUT2D eigenvalue weighted by Gasteiger charge is 2.44. The summed E-state index contributed by atoms with van der Waals surface area (Å²) in [7, 11) is 0. The van der Waals surface area contributed by atoms with E-state index in [-0.39, 0.29) is 29.1 Å². The number of para-hydroxylation sites is 2. The van der Waals surface area contributed by atoms with E-state index in [1.807, 2.05) is 24.3 Å². The van der Waals surface area contributed by atoms with E-state index in [9.17, 15) is 19.5 Å². The number of rotatable bonds is 4. The second-order valence-corrected chi connectivity index (χ2v) is 10.1. The molecule has 1 aromatic heterocycles. The summed E-state index contributed by atoms with van der Waals surface area (Å²) < 4.78 is 6.29. The van der Waals surface area contributed by atoms with Gasteiger partial charge in [0, 0.05) is 29.7 Å². The maximum absolute atomic E-state index is 13.6. The van der Waals surface area contributed by atoms with Gasteiger partial charge >= 0.3 is 5.97 Å². The van der Waals surface area contributed by atoms with Gasteiger partial charge in [0.05, 0.1) is 16.9 Å². The molecule has 36 heavy (non-hydrogen) atoms. The number of hydrogen-bond donors (Lipinski definition) is 2. The zero-order chi connectivity index (χ0) is 25.6. The molecule has 7 nitrogen and oxygen atoms in total. The topological polar surface area (TPSA) is 99.9 Å². The summed E-state index contributed by atoms with van der Waals surface area (Å²) in [4.78, 5) is 40.2. The van der Waals surface area contributed by atoms with Crippen LogP contribution in [0.2, 0.25) is 0 Å². The molecular formula is C29H28N2O5. The SMILES string of the molecule is CCC(=O)N1c2ccccc2NC2=C(C(=O)CC(C)(C)C2)[C@H]1c1ccc(-c2cccc(C(=O)O)c2)o1. The van der Waals surface area contributed by atoms with Crippen LogP contribution in [-0.4, -0.2) is 22.8 Å². The summed E-state index contributed by atoms with van der Waals surface area (Å²) in [6.45, 7) is 5.93. The van der Waals surface area contributed by atoms with E-state index in [4.69, 9.17) is 4.42 Å². The fourth-order valence-corrected chi connectivity index (χ4v) is 5.16. The van der Waals surface area contributed by atoms with Crippen molar-refractivity contribution in [2.24, 2.45) is 5.41 Å². The molecule has 0 unspecified atom stereocenters. The monoisotopic (exact) mass is 484 g/mol. The number of carbonyl (C=O) groups excluding carboxylic acids is 2. The highest BCUT2D eigenvalue weighted by atomic mass is 16.4. The summed E-state index contributed by atoms with van der Waals surface area (Å²) in [6, 6.07) is 16.8. The van der Waals surface area contributed by atoms with E-state index in [1.165, 1.54) is 6.07 Å². The average Bonchev–Trinajstić information content (AvgIpc) is 3.27. The van der Waals surface area contributed by atoms with Gasteiger partial charge in [-0.25, -0.2) is 4.79 Å². The second-order valence-electron chi connectivity index (χ2n) is 10.1. The fraction of sp³-hybridized carbons (Fsp3) is 0.276. The number of allylic oxidation sites excluding steroid dienone is 1. The molecule has 3 aromatic rings. The number of benzene rings is 2. The first-order valence-electron chi connectivity index (χ1n) is 12.1. The third-order valence-corrected chi connectivity index (χ3v) is 6.76. The summed E-state index contributed by atoms with van der Waals surface area (Å²) in [5.41, 5.74) is 3.31. The van der Waals surface area contributed by atoms with Crippen molar-refractivity contribution in [3.05, 3.63) is 83.3 Å². The van der Waals surface area contributed by atoms with Gasteiger partial charge in [-0.1, -0.05) is 45.0 Å². The molecule has 1 aliphatic heterocycles. The van der Waals surface area contributed by atoms with E-state index in [0.29, 0.717) is 41.2 Å². The number of anilines is 2. The van der Waals surface area contributed by atoms with Crippen molar-refractivity contribution in [2.45, 2.75) is 46.1 Å². The van der Waals surface area contributed by atoms with Crippen LogP contribution in [0.5, 0.6) is 0 Å². The molecule has 0 fully saturated rings.